The van der Waals surface area contributed by atoms with Crippen molar-refractivity contribution in [1.82, 2.24) is 0 Å². The van der Waals surface area contributed by atoms with Gasteiger partial charge in [0.05, 0.1) is 11.5 Å². The Morgan fingerprint density at radius 1 is 0.917 bits per heavy atom. The van der Waals surface area contributed by atoms with E-state index in [4.69, 9.17) is 0 Å². The molecule has 0 aromatic carbocycles. The van der Waals surface area contributed by atoms with E-state index in [1.165, 1.54) is 13.8 Å². The summed E-state index contributed by atoms with van der Waals surface area (Å²) in [6, 6.07) is 0. The highest BCUT2D eigenvalue weighted by Crippen LogP contribution is 2.30. The van der Waals surface area contributed by atoms with Gasteiger partial charge in [-0.15, -0.1) is 0 Å². The molecule has 0 N–H and O–H groups in total. The Labute approximate surface area is 72.8 Å². The molecule has 0 amide bonds. The average Bonchev–Trinajstić information content (AvgIpc) is 1.83. The first-order chi connectivity index (χ1) is 5.21. The molecule has 0 spiro atoms. The second kappa shape index (κ2) is 2.45. The zero-order valence-corrected chi connectivity index (χ0v) is 8.70. The molecule has 1 aliphatic rings. The predicted octanol–water partition coefficient (Wildman–Crippen LogP) is -0.0442. The fraction of sp³-hybridized carbons (Fsp3) is 1.00. The summed E-state index contributed by atoms with van der Waals surface area (Å²) >= 11 is 0. The van der Waals surface area contributed by atoms with Crippen molar-refractivity contribution in [1.29, 1.82) is 0 Å². The molecule has 12 heavy (non-hydrogen) atoms. The minimum atomic E-state index is -3.46. The van der Waals surface area contributed by atoms with Crippen molar-refractivity contribution < 1.29 is 16.8 Å². The van der Waals surface area contributed by atoms with Crippen molar-refractivity contribution in [3.05, 3.63) is 0 Å². The summed E-state index contributed by atoms with van der Waals surface area (Å²) in [5.41, 5.74) is 0. The minimum absolute atomic E-state index is 0.0147. The smallest absolute Gasteiger partial charge is 0.169 e. The van der Waals surface area contributed by atoms with Crippen molar-refractivity contribution >= 4 is 19.7 Å². The van der Waals surface area contributed by atoms with E-state index in [2.05, 4.69) is 0 Å². The van der Waals surface area contributed by atoms with Gasteiger partial charge in [-0.2, -0.15) is 0 Å². The van der Waals surface area contributed by atoms with Gasteiger partial charge in [-0.1, -0.05) is 0 Å². The van der Waals surface area contributed by atoms with Gasteiger partial charge in [0, 0.05) is 0 Å². The van der Waals surface area contributed by atoms with E-state index in [0.29, 0.717) is 0 Å². The van der Waals surface area contributed by atoms with Crippen LogP contribution in [0.1, 0.15) is 20.3 Å². The minimum Gasteiger partial charge on any atom is -0.227 e. The molecule has 0 aromatic rings. The summed E-state index contributed by atoms with van der Waals surface area (Å²) in [5, 5.41) is 0. The van der Waals surface area contributed by atoms with Crippen LogP contribution in [0.3, 0.4) is 0 Å². The van der Waals surface area contributed by atoms with Gasteiger partial charge in [-0.05, 0) is 20.3 Å². The van der Waals surface area contributed by atoms with Crippen LogP contribution in [0.4, 0.5) is 0 Å². The number of hydrogen-bond donors (Lipinski definition) is 0. The molecule has 1 saturated heterocycles. The van der Waals surface area contributed by atoms with Crippen LogP contribution in [0, 0.1) is 0 Å². The first-order valence-corrected chi connectivity index (χ1v) is 6.96. The lowest BCUT2D eigenvalue weighted by molar-refractivity contribution is 0.546. The van der Waals surface area contributed by atoms with Gasteiger partial charge in [0.2, 0.25) is 0 Å². The molecule has 72 valence electrons. The Balaban J connectivity index is 3.36. The summed E-state index contributed by atoms with van der Waals surface area (Å²) < 4.78 is 43.8. The van der Waals surface area contributed by atoms with Crippen LogP contribution in [0.5, 0.6) is 0 Å². The Morgan fingerprint density at radius 3 is 1.50 bits per heavy atom. The molecule has 1 rings (SSSR count). The second-order valence-electron chi connectivity index (χ2n) is 3.39. The van der Waals surface area contributed by atoms with Crippen LogP contribution < -0.4 is 0 Å². The van der Waals surface area contributed by atoms with Crippen LogP contribution >= 0.6 is 0 Å². The van der Waals surface area contributed by atoms with E-state index in [0.717, 1.165) is 0 Å². The zero-order chi connectivity index (χ0) is 9.62. The third-order valence-corrected chi connectivity index (χ3v) is 8.50. The Morgan fingerprint density at radius 2 is 1.25 bits per heavy atom. The van der Waals surface area contributed by atoms with E-state index in [9.17, 15) is 16.8 Å². The van der Waals surface area contributed by atoms with Crippen LogP contribution in [-0.4, -0.2) is 32.4 Å². The van der Waals surface area contributed by atoms with Gasteiger partial charge in [-0.3, -0.25) is 0 Å². The Kier molecular flexibility index (Phi) is 2.03. The Bertz CT molecular complexity index is 338. The molecular weight excluding hydrogens is 200 g/mol. The fourth-order valence-electron chi connectivity index (χ4n) is 1.12. The maximum absolute atomic E-state index is 11.3. The van der Waals surface area contributed by atoms with Crippen LogP contribution in [0.2, 0.25) is 0 Å². The van der Waals surface area contributed by atoms with Crippen molar-refractivity contribution in [2.24, 2.45) is 0 Å². The van der Waals surface area contributed by atoms with Crippen molar-refractivity contribution in [3.8, 4) is 0 Å². The van der Waals surface area contributed by atoms with Gasteiger partial charge in [0.15, 0.2) is 23.8 Å². The van der Waals surface area contributed by atoms with E-state index < -0.39 is 23.8 Å². The van der Waals surface area contributed by atoms with E-state index in [1.807, 2.05) is 0 Å². The standard InChI is InChI=1S/C6H12O4S2/c1-6(2)11(7,8)4-3-5-12(6,9)10/h3-5H2,1-2H3. The molecule has 1 aliphatic heterocycles. The van der Waals surface area contributed by atoms with Gasteiger partial charge < -0.3 is 0 Å². The molecule has 0 aromatic heterocycles. The zero-order valence-electron chi connectivity index (χ0n) is 7.07. The maximum Gasteiger partial charge on any atom is 0.169 e. The summed E-state index contributed by atoms with van der Waals surface area (Å²) in [6.45, 7) is 2.52. The van der Waals surface area contributed by atoms with Crippen LogP contribution in [0.15, 0.2) is 0 Å². The van der Waals surface area contributed by atoms with Crippen LogP contribution in [-0.2, 0) is 19.7 Å². The first kappa shape index (κ1) is 9.98. The topological polar surface area (TPSA) is 68.3 Å². The molecular formula is C6H12O4S2. The predicted molar refractivity (Wildman–Crippen MR) is 46.3 cm³/mol. The van der Waals surface area contributed by atoms with Crippen molar-refractivity contribution in [2.45, 2.75) is 24.3 Å². The highest BCUT2D eigenvalue weighted by molar-refractivity contribution is 8.10. The molecule has 0 bridgehead atoms. The SMILES string of the molecule is CC1(C)S(=O)(=O)CCCS1(=O)=O. The number of sulfone groups is 2. The molecule has 0 saturated carbocycles. The quantitative estimate of drug-likeness (QED) is 0.565. The lowest BCUT2D eigenvalue weighted by atomic mass is 10.5. The highest BCUT2D eigenvalue weighted by atomic mass is 32.3. The van der Waals surface area contributed by atoms with Crippen LogP contribution in [0.25, 0.3) is 0 Å². The third-order valence-electron chi connectivity index (χ3n) is 2.32. The van der Waals surface area contributed by atoms with E-state index in [1.54, 1.807) is 0 Å². The lowest BCUT2D eigenvalue weighted by Crippen LogP contribution is -2.47. The average molecular weight is 212 g/mol. The summed E-state index contributed by atoms with van der Waals surface area (Å²) in [7, 11) is -6.91. The highest BCUT2D eigenvalue weighted by Gasteiger charge is 2.48. The van der Waals surface area contributed by atoms with Crippen molar-refractivity contribution in [2.75, 3.05) is 11.5 Å². The third kappa shape index (κ3) is 1.17. The van der Waals surface area contributed by atoms with E-state index >= 15 is 0 Å². The molecule has 0 radical (unpaired) electrons. The summed E-state index contributed by atoms with van der Waals surface area (Å²) in [4.78, 5) is 0. The van der Waals surface area contributed by atoms with Crippen molar-refractivity contribution in [3.63, 3.8) is 0 Å². The van der Waals surface area contributed by atoms with Gasteiger partial charge >= 0.3 is 0 Å². The first-order valence-electron chi connectivity index (χ1n) is 3.65. The molecule has 1 heterocycles. The molecule has 1 fully saturated rings. The van der Waals surface area contributed by atoms with E-state index in [-0.39, 0.29) is 17.9 Å². The molecule has 0 aliphatic carbocycles. The molecule has 6 heteroatoms. The normalized spacial score (nSPS) is 31.2. The largest absolute Gasteiger partial charge is 0.227 e. The van der Waals surface area contributed by atoms with Gasteiger partial charge in [-0.25, -0.2) is 16.8 Å². The summed E-state index contributed by atoms with van der Waals surface area (Å²) in [5.74, 6) is -0.0293. The maximum atomic E-state index is 11.3. The number of rotatable bonds is 0. The number of hydrogen-bond acceptors (Lipinski definition) is 4. The lowest BCUT2D eigenvalue weighted by Gasteiger charge is -2.28. The summed E-state index contributed by atoms with van der Waals surface area (Å²) in [6.07, 6.45) is 0.230. The fourth-order valence-corrected chi connectivity index (χ4v) is 5.39. The molecule has 0 unspecified atom stereocenters. The molecule has 4 nitrogen and oxygen atoms in total. The van der Waals surface area contributed by atoms with Gasteiger partial charge in [0.25, 0.3) is 0 Å². The monoisotopic (exact) mass is 212 g/mol. The Hall–Kier alpha value is -0.100. The second-order valence-corrected chi connectivity index (χ2v) is 8.97. The molecule has 0 atom stereocenters. The van der Waals surface area contributed by atoms with Gasteiger partial charge in [0.1, 0.15) is 0 Å².